The molecule has 5 nitrogen and oxygen atoms in total. The van der Waals surface area contributed by atoms with Crippen LogP contribution >= 0.6 is 11.3 Å². The van der Waals surface area contributed by atoms with Crippen molar-refractivity contribution in [2.75, 3.05) is 32.1 Å². The molecule has 0 radical (unpaired) electrons. The van der Waals surface area contributed by atoms with Gasteiger partial charge in [-0.3, -0.25) is 4.79 Å². The molecule has 1 N–H and O–H groups in total. The number of hydrogen-bond donors (Lipinski definition) is 1. The molecule has 1 aliphatic heterocycles. The van der Waals surface area contributed by atoms with Gasteiger partial charge in [-0.1, -0.05) is 17.4 Å². The van der Waals surface area contributed by atoms with Gasteiger partial charge in [0.15, 0.2) is 5.13 Å². The molecule has 0 unspecified atom stereocenters. The summed E-state index contributed by atoms with van der Waals surface area (Å²) in [6.45, 7) is 3.55. The first-order valence-electron chi connectivity index (χ1n) is 6.54. The number of ether oxygens (including phenoxy) is 1. The van der Waals surface area contributed by atoms with Gasteiger partial charge in [-0.2, -0.15) is 0 Å². The monoisotopic (exact) mass is 291 g/mol. The van der Waals surface area contributed by atoms with Crippen molar-refractivity contribution in [2.24, 2.45) is 5.92 Å². The standard InChI is InChI=1S/C14H17N3O2S/c1-8-4-5-10(19-3)11-12(8)20-14(16-11)17-6-9(7-17)13(18)15-2/h4-5,9H,6-7H2,1-3H3,(H,15,18). The molecule has 1 saturated heterocycles. The third-order valence-corrected chi connectivity index (χ3v) is 4.93. The van der Waals surface area contributed by atoms with E-state index in [1.165, 1.54) is 5.56 Å². The number of nitrogens with zero attached hydrogens (tertiary/aromatic N) is 2. The number of nitrogens with one attached hydrogen (secondary N) is 1. The lowest BCUT2D eigenvalue weighted by atomic mass is 10.0. The lowest BCUT2D eigenvalue weighted by Gasteiger charge is -2.37. The fourth-order valence-corrected chi connectivity index (χ4v) is 3.47. The first-order chi connectivity index (χ1) is 9.63. The molecule has 0 atom stereocenters. The van der Waals surface area contributed by atoms with Gasteiger partial charge in [0.25, 0.3) is 0 Å². The maximum Gasteiger partial charge on any atom is 0.226 e. The molecule has 0 bridgehead atoms. The highest BCUT2D eigenvalue weighted by Crippen LogP contribution is 2.38. The number of benzene rings is 1. The highest BCUT2D eigenvalue weighted by atomic mass is 32.1. The Bertz CT molecular complexity index is 662. The number of thiazole rings is 1. The zero-order chi connectivity index (χ0) is 14.3. The molecule has 1 aromatic heterocycles. The van der Waals surface area contributed by atoms with E-state index < -0.39 is 0 Å². The summed E-state index contributed by atoms with van der Waals surface area (Å²) in [7, 11) is 3.34. The molecule has 1 fully saturated rings. The summed E-state index contributed by atoms with van der Waals surface area (Å²) in [4.78, 5) is 18.3. The molecule has 20 heavy (non-hydrogen) atoms. The molecule has 0 saturated carbocycles. The van der Waals surface area contributed by atoms with Crippen molar-refractivity contribution in [1.29, 1.82) is 0 Å². The molecule has 0 spiro atoms. The number of anilines is 1. The number of carbonyl (C=O) groups excluding carboxylic acids is 1. The maximum atomic E-state index is 11.5. The summed E-state index contributed by atoms with van der Waals surface area (Å²) in [5, 5.41) is 3.66. The number of aromatic nitrogens is 1. The zero-order valence-electron chi connectivity index (χ0n) is 11.8. The average molecular weight is 291 g/mol. The largest absolute Gasteiger partial charge is 0.494 e. The first kappa shape index (κ1) is 13.2. The van der Waals surface area contributed by atoms with Gasteiger partial charge in [-0.15, -0.1) is 0 Å². The van der Waals surface area contributed by atoms with Crippen LogP contribution in [0, 0.1) is 12.8 Å². The van der Waals surface area contributed by atoms with Gasteiger partial charge in [0.1, 0.15) is 11.3 Å². The molecule has 2 heterocycles. The van der Waals surface area contributed by atoms with E-state index in [4.69, 9.17) is 4.74 Å². The Labute approximate surface area is 121 Å². The normalized spacial score (nSPS) is 15.2. The second kappa shape index (κ2) is 4.94. The Morgan fingerprint density at radius 1 is 1.50 bits per heavy atom. The minimum absolute atomic E-state index is 0.0787. The Hall–Kier alpha value is -1.82. The summed E-state index contributed by atoms with van der Waals surface area (Å²) in [6, 6.07) is 4.00. The topological polar surface area (TPSA) is 54.5 Å². The van der Waals surface area contributed by atoms with Gasteiger partial charge in [-0.05, 0) is 18.6 Å². The summed E-state index contributed by atoms with van der Waals surface area (Å²) in [5.41, 5.74) is 2.11. The van der Waals surface area contributed by atoms with Crippen LogP contribution in [0.5, 0.6) is 5.75 Å². The lowest BCUT2D eigenvalue weighted by Crippen LogP contribution is -2.53. The summed E-state index contributed by atoms with van der Waals surface area (Å²) >= 11 is 1.66. The van der Waals surface area contributed by atoms with E-state index in [-0.39, 0.29) is 11.8 Å². The fourth-order valence-electron chi connectivity index (χ4n) is 2.40. The summed E-state index contributed by atoms with van der Waals surface area (Å²) in [6.07, 6.45) is 0. The van der Waals surface area contributed by atoms with E-state index >= 15 is 0 Å². The van der Waals surface area contributed by atoms with Crippen LogP contribution in [0.4, 0.5) is 5.13 Å². The van der Waals surface area contributed by atoms with Gasteiger partial charge in [0, 0.05) is 20.1 Å². The van der Waals surface area contributed by atoms with Crippen LogP contribution in [0.3, 0.4) is 0 Å². The molecule has 6 heteroatoms. The number of rotatable bonds is 3. The number of aryl methyl sites for hydroxylation is 1. The van der Waals surface area contributed by atoms with E-state index in [1.54, 1.807) is 25.5 Å². The van der Waals surface area contributed by atoms with Gasteiger partial charge < -0.3 is 15.0 Å². The van der Waals surface area contributed by atoms with E-state index in [0.29, 0.717) is 0 Å². The van der Waals surface area contributed by atoms with Crippen LogP contribution in [-0.4, -0.2) is 38.1 Å². The van der Waals surface area contributed by atoms with Crippen molar-refractivity contribution < 1.29 is 9.53 Å². The fraction of sp³-hybridized carbons (Fsp3) is 0.429. The molecule has 0 aliphatic carbocycles. The van der Waals surface area contributed by atoms with Gasteiger partial charge in [0.2, 0.25) is 5.91 Å². The molecule has 106 valence electrons. The van der Waals surface area contributed by atoms with E-state index in [2.05, 4.69) is 22.1 Å². The van der Waals surface area contributed by atoms with Crippen molar-refractivity contribution in [3.8, 4) is 5.75 Å². The van der Waals surface area contributed by atoms with Crippen LogP contribution in [0.25, 0.3) is 10.2 Å². The van der Waals surface area contributed by atoms with Crippen molar-refractivity contribution in [2.45, 2.75) is 6.92 Å². The Morgan fingerprint density at radius 2 is 2.25 bits per heavy atom. The van der Waals surface area contributed by atoms with Gasteiger partial charge in [-0.25, -0.2) is 4.98 Å². The minimum atomic E-state index is 0.0787. The summed E-state index contributed by atoms with van der Waals surface area (Å²) in [5.74, 6) is 0.989. The van der Waals surface area contributed by atoms with Crippen molar-refractivity contribution in [3.63, 3.8) is 0 Å². The summed E-state index contributed by atoms with van der Waals surface area (Å²) < 4.78 is 6.52. The second-order valence-electron chi connectivity index (χ2n) is 4.98. The highest BCUT2D eigenvalue weighted by Gasteiger charge is 2.34. The lowest BCUT2D eigenvalue weighted by molar-refractivity contribution is -0.125. The third-order valence-electron chi connectivity index (χ3n) is 3.68. The van der Waals surface area contributed by atoms with E-state index in [1.807, 2.05) is 12.1 Å². The molecule has 3 rings (SSSR count). The predicted octanol–water partition coefficient (Wildman–Crippen LogP) is 1.80. The van der Waals surface area contributed by atoms with E-state index in [0.717, 1.165) is 34.2 Å². The Kier molecular flexibility index (Phi) is 3.25. The zero-order valence-corrected chi connectivity index (χ0v) is 12.6. The quantitative estimate of drug-likeness (QED) is 0.937. The smallest absolute Gasteiger partial charge is 0.226 e. The first-order valence-corrected chi connectivity index (χ1v) is 7.36. The Morgan fingerprint density at radius 3 is 2.90 bits per heavy atom. The minimum Gasteiger partial charge on any atom is -0.494 e. The number of fused-ring (bicyclic) bond motifs is 1. The van der Waals surface area contributed by atoms with Crippen LogP contribution in [0.1, 0.15) is 5.56 Å². The van der Waals surface area contributed by atoms with Crippen LogP contribution in [-0.2, 0) is 4.79 Å². The van der Waals surface area contributed by atoms with Gasteiger partial charge >= 0.3 is 0 Å². The maximum absolute atomic E-state index is 11.5. The van der Waals surface area contributed by atoms with Crippen LogP contribution in [0.2, 0.25) is 0 Å². The molecular weight excluding hydrogens is 274 g/mol. The number of carbonyl (C=O) groups is 1. The average Bonchev–Trinajstić information content (AvgIpc) is 2.83. The number of methoxy groups -OCH3 is 1. The van der Waals surface area contributed by atoms with Crippen LogP contribution in [0.15, 0.2) is 12.1 Å². The molecule has 1 amide bonds. The number of amides is 1. The van der Waals surface area contributed by atoms with Crippen molar-refractivity contribution in [1.82, 2.24) is 10.3 Å². The SMILES string of the molecule is CNC(=O)C1CN(c2nc3c(OC)ccc(C)c3s2)C1. The molecule has 1 aliphatic rings. The van der Waals surface area contributed by atoms with Gasteiger partial charge in [0.05, 0.1) is 17.7 Å². The van der Waals surface area contributed by atoms with E-state index in [9.17, 15) is 4.79 Å². The number of hydrogen-bond acceptors (Lipinski definition) is 5. The molecule has 2 aromatic rings. The van der Waals surface area contributed by atoms with Crippen molar-refractivity contribution in [3.05, 3.63) is 17.7 Å². The highest BCUT2D eigenvalue weighted by molar-refractivity contribution is 7.22. The molecular formula is C14H17N3O2S. The molecule has 1 aromatic carbocycles. The second-order valence-corrected chi connectivity index (χ2v) is 5.95. The predicted molar refractivity (Wildman–Crippen MR) is 80.7 cm³/mol. The Balaban J connectivity index is 1.88. The van der Waals surface area contributed by atoms with Crippen molar-refractivity contribution >= 4 is 32.6 Å². The van der Waals surface area contributed by atoms with Crippen LogP contribution < -0.4 is 15.0 Å². The third kappa shape index (κ3) is 2.00.